The largest absolute Gasteiger partial charge is 0.265 e. The zero-order valence-electron chi connectivity index (χ0n) is 7.74. The van der Waals surface area contributed by atoms with Gasteiger partial charge in [0, 0.05) is 24.2 Å². The lowest BCUT2D eigenvalue weighted by Gasteiger charge is -2.03. The lowest BCUT2D eigenvalue weighted by atomic mass is 10.1. The summed E-state index contributed by atoms with van der Waals surface area (Å²) in [6, 6.07) is 5.86. The highest BCUT2D eigenvalue weighted by atomic mass is 35.5. The van der Waals surface area contributed by atoms with Gasteiger partial charge in [-0.1, -0.05) is 11.6 Å². The minimum atomic E-state index is 0.529. The first-order valence-electron chi connectivity index (χ1n) is 4.30. The van der Waals surface area contributed by atoms with Gasteiger partial charge in [-0.15, -0.1) is 0 Å². The Kier molecular flexibility index (Phi) is 2.46. The number of aryl methyl sites for hydroxylation is 1. The molecule has 0 N–H and O–H groups in total. The van der Waals surface area contributed by atoms with Gasteiger partial charge in [0.25, 0.3) is 0 Å². The predicted octanol–water partition coefficient (Wildman–Crippen LogP) is 3.11. The summed E-state index contributed by atoms with van der Waals surface area (Å²) in [7, 11) is 0. The lowest BCUT2D eigenvalue weighted by molar-refractivity contribution is 1.26. The maximum atomic E-state index is 6.00. The number of hydrogen-bond acceptors (Lipinski definition) is 2. The molecule has 3 heteroatoms. The van der Waals surface area contributed by atoms with Crippen molar-refractivity contribution in [3.63, 3.8) is 0 Å². The van der Waals surface area contributed by atoms with Gasteiger partial charge in [-0.25, -0.2) is 4.98 Å². The standard InChI is InChI=1S/C11H9ClN2/c1-8-6-10(11(12)14-7-8)9-2-4-13-5-3-9/h2-7H,1H3. The maximum Gasteiger partial charge on any atom is 0.136 e. The maximum absolute atomic E-state index is 6.00. The van der Waals surface area contributed by atoms with Gasteiger partial charge in [0.2, 0.25) is 0 Å². The van der Waals surface area contributed by atoms with Crippen LogP contribution < -0.4 is 0 Å². The van der Waals surface area contributed by atoms with E-state index in [4.69, 9.17) is 11.6 Å². The van der Waals surface area contributed by atoms with Crippen LogP contribution in [-0.4, -0.2) is 9.97 Å². The fraction of sp³-hybridized carbons (Fsp3) is 0.0909. The first-order valence-corrected chi connectivity index (χ1v) is 4.68. The van der Waals surface area contributed by atoms with Crippen LogP contribution in [0.2, 0.25) is 5.15 Å². The summed E-state index contributed by atoms with van der Waals surface area (Å²) in [5.74, 6) is 0. The molecule has 0 saturated carbocycles. The number of nitrogens with zero attached hydrogens (tertiary/aromatic N) is 2. The SMILES string of the molecule is Cc1cnc(Cl)c(-c2ccncc2)c1. The van der Waals surface area contributed by atoms with E-state index in [0.29, 0.717) is 5.15 Å². The molecule has 0 amide bonds. The van der Waals surface area contributed by atoms with Crippen LogP contribution >= 0.6 is 11.6 Å². The third-order valence-corrected chi connectivity index (χ3v) is 2.27. The molecule has 2 aromatic heterocycles. The summed E-state index contributed by atoms with van der Waals surface area (Å²) in [4.78, 5) is 8.06. The van der Waals surface area contributed by atoms with Crippen LogP contribution in [0.3, 0.4) is 0 Å². The van der Waals surface area contributed by atoms with E-state index in [1.807, 2.05) is 25.1 Å². The monoisotopic (exact) mass is 204 g/mol. The van der Waals surface area contributed by atoms with Crippen LogP contribution in [0.4, 0.5) is 0 Å². The van der Waals surface area contributed by atoms with Gasteiger partial charge in [-0.3, -0.25) is 4.98 Å². The minimum absolute atomic E-state index is 0.529. The molecule has 0 radical (unpaired) electrons. The second-order valence-electron chi connectivity index (χ2n) is 3.09. The van der Waals surface area contributed by atoms with E-state index in [0.717, 1.165) is 16.7 Å². The minimum Gasteiger partial charge on any atom is -0.265 e. The molecule has 2 heterocycles. The van der Waals surface area contributed by atoms with E-state index in [1.54, 1.807) is 18.6 Å². The number of hydrogen-bond donors (Lipinski definition) is 0. The molecule has 2 nitrogen and oxygen atoms in total. The highest BCUT2D eigenvalue weighted by Gasteiger charge is 2.03. The van der Waals surface area contributed by atoms with Gasteiger partial charge in [0.15, 0.2) is 0 Å². The van der Waals surface area contributed by atoms with Crippen molar-refractivity contribution in [3.8, 4) is 11.1 Å². The molecule has 14 heavy (non-hydrogen) atoms. The molecule has 2 rings (SSSR count). The Morgan fingerprint density at radius 1 is 1.21 bits per heavy atom. The van der Waals surface area contributed by atoms with Crippen LogP contribution in [0, 0.1) is 6.92 Å². The van der Waals surface area contributed by atoms with Gasteiger partial charge in [-0.2, -0.15) is 0 Å². The normalized spacial score (nSPS) is 10.1. The third-order valence-electron chi connectivity index (χ3n) is 1.97. The smallest absolute Gasteiger partial charge is 0.136 e. The van der Waals surface area contributed by atoms with E-state index in [1.165, 1.54) is 0 Å². The Labute approximate surface area is 87.6 Å². The molecule has 0 aromatic carbocycles. The molecule has 0 aliphatic carbocycles. The first kappa shape index (κ1) is 9.16. The second-order valence-corrected chi connectivity index (χ2v) is 3.44. The van der Waals surface area contributed by atoms with Crippen LogP contribution in [0.15, 0.2) is 36.8 Å². The van der Waals surface area contributed by atoms with Gasteiger partial charge in [0.1, 0.15) is 5.15 Å². The second kappa shape index (κ2) is 3.76. The topological polar surface area (TPSA) is 25.8 Å². The predicted molar refractivity (Wildman–Crippen MR) is 57.2 cm³/mol. The van der Waals surface area contributed by atoms with Crippen LogP contribution in [-0.2, 0) is 0 Å². The highest BCUT2D eigenvalue weighted by molar-refractivity contribution is 6.32. The van der Waals surface area contributed by atoms with Crippen molar-refractivity contribution in [2.24, 2.45) is 0 Å². The van der Waals surface area contributed by atoms with Crippen molar-refractivity contribution in [1.82, 2.24) is 9.97 Å². The number of pyridine rings is 2. The van der Waals surface area contributed by atoms with Crippen molar-refractivity contribution >= 4 is 11.6 Å². The quantitative estimate of drug-likeness (QED) is 0.667. The van der Waals surface area contributed by atoms with E-state index in [-0.39, 0.29) is 0 Å². The Morgan fingerprint density at radius 2 is 1.93 bits per heavy atom. The lowest BCUT2D eigenvalue weighted by Crippen LogP contribution is -1.85. The first-order chi connectivity index (χ1) is 6.77. The summed E-state index contributed by atoms with van der Waals surface area (Å²) < 4.78 is 0. The Balaban J connectivity index is 2.57. The fourth-order valence-electron chi connectivity index (χ4n) is 1.29. The number of halogens is 1. The summed E-state index contributed by atoms with van der Waals surface area (Å²) >= 11 is 6.00. The van der Waals surface area contributed by atoms with E-state index in [2.05, 4.69) is 9.97 Å². The zero-order valence-corrected chi connectivity index (χ0v) is 8.49. The molecule has 0 fully saturated rings. The van der Waals surface area contributed by atoms with Crippen LogP contribution in [0.25, 0.3) is 11.1 Å². The van der Waals surface area contributed by atoms with Crippen LogP contribution in [0.1, 0.15) is 5.56 Å². The van der Waals surface area contributed by atoms with E-state index in [9.17, 15) is 0 Å². The molecule has 70 valence electrons. The average molecular weight is 205 g/mol. The molecule has 2 aromatic rings. The summed E-state index contributed by atoms with van der Waals surface area (Å²) in [6.45, 7) is 1.99. The molecule has 0 saturated heterocycles. The molecular weight excluding hydrogens is 196 g/mol. The molecule has 0 unspecified atom stereocenters. The van der Waals surface area contributed by atoms with Gasteiger partial charge in [-0.05, 0) is 36.2 Å². The van der Waals surface area contributed by atoms with Crippen molar-refractivity contribution in [2.75, 3.05) is 0 Å². The van der Waals surface area contributed by atoms with Crippen molar-refractivity contribution in [1.29, 1.82) is 0 Å². The average Bonchev–Trinajstić information content (AvgIpc) is 2.23. The van der Waals surface area contributed by atoms with Crippen LogP contribution in [0.5, 0.6) is 0 Å². The molecule has 0 spiro atoms. The zero-order chi connectivity index (χ0) is 9.97. The molecule has 0 bridgehead atoms. The Bertz CT molecular complexity index is 440. The van der Waals surface area contributed by atoms with Gasteiger partial charge in [0.05, 0.1) is 0 Å². The molecule has 0 aliphatic heterocycles. The molecule has 0 aliphatic rings. The molecular formula is C11H9ClN2. The summed E-state index contributed by atoms with van der Waals surface area (Å²) in [6.07, 6.45) is 5.25. The fourth-order valence-corrected chi connectivity index (χ4v) is 1.50. The van der Waals surface area contributed by atoms with E-state index >= 15 is 0 Å². The summed E-state index contributed by atoms with van der Waals surface area (Å²) in [5.41, 5.74) is 3.09. The Hall–Kier alpha value is -1.41. The highest BCUT2D eigenvalue weighted by Crippen LogP contribution is 2.25. The summed E-state index contributed by atoms with van der Waals surface area (Å²) in [5, 5.41) is 0.529. The van der Waals surface area contributed by atoms with Crippen molar-refractivity contribution in [3.05, 3.63) is 47.5 Å². The Morgan fingerprint density at radius 3 is 2.64 bits per heavy atom. The van der Waals surface area contributed by atoms with Crippen molar-refractivity contribution < 1.29 is 0 Å². The molecule has 0 atom stereocenters. The van der Waals surface area contributed by atoms with E-state index < -0.39 is 0 Å². The van der Waals surface area contributed by atoms with Gasteiger partial charge < -0.3 is 0 Å². The third kappa shape index (κ3) is 1.75. The number of aromatic nitrogens is 2. The van der Waals surface area contributed by atoms with Crippen molar-refractivity contribution in [2.45, 2.75) is 6.92 Å². The number of rotatable bonds is 1. The van der Waals surface area contributed by atoms with Gasteiger partial charge >= 0.3 is 0 Å².